The van der Waals surface area contributed by atoms with E-state index >= 15 is 0 Å². The first-order valence-corrected chi connectivity index (χ1v) is 15.5. The Morgan fingerprint density at radius 1 is 0.953 bits per heavy atom. The molecule has 1 fully saturated rings. The minimum atomic E-state index is -0.377. The van der Waals surface area contributed by atoms with E-state index < -0.39 is 0 Å². The molecule has 1 aliphatic rings. The summed E-state index contributed by atoms with van der Waals surface area (Å²) >= 11 is 2.99. The van der Waals surface area contributed by atoms with Crippen molar-refractivity contribution in [2.24, 2.45) is 0 Å². The molecule has 4 aromatic rings. The van der Waals surface area contributed by atoms with E-state index in [-0.39, 0.29) is 36.8 Å². The van der Waals surface area contributed by atoms with Gasteiger partial charge in [0, 0.05) is 11.1 Å². The molecule has 0 bridgehead atoms. The lowest BCUT2D eigenvalue weighted by molar-refractivity contribution is -0.123. The van der Waals surface area contributed by atoms with Gasteiger partial charge in [-0.3, -0.25) is 19.3 Å². The van der Waals surface area contributed by atoms with Crippen molar-refractivity contribution in [3.8, 4) is 17.2 Å². The van der Waals surface area contributed by atoms with Crippen LogP contribution in [-0.4, -0.2) is 48.3 Å². The first-order valence-electron chi connectivity index (χ1n) is 13.6. The topological polar surface area (TPSA) is 94.2 Å². The normalized spacial score (nSPS) is 13.9. The second kappa shape index (κ2) is 14.0. The van der Waals surface area contributed by atoms with Crippen LogP contribution in [-0.2, 0) is 9.59 Å². The SMILES string of the molecule is CCOc1cc(/C=C2\SC(=O)N(CCOc3cccc4ccccc34)C2=O)cc(I)c1OCC(=O)Nc1cccc(C)c1. The lowest BCUT2D eigenvalue weighted by Gasteiger charge is -2.15. The van der Waals surface area contributed by atoms with Crippen LogP contribution >= 0.6 is 34.4 Å². The fraction of sp³-hybridized carbons (Fsp3) is 0.182. The molecular weight excluding hydrogens is 679 g/mol. The number of carbonyl (C=O) groups is 3. The monoisotopic (exact) mass is 708 g/mol. The molecule has 3 amide bonds. The van der Waals surface area contributed by atoms with Crippen molar-refractivity contribution in [1.29, 1.82) is 0 Å². The Bertz CT molecular complexity index is 1720. The number of carbonyl (C=O) groups excluding carboxylic acids is 3. The first kappa shape index (κ1) is 30.4. The predicted octanol–water partition coefficient (Wildman–Crippen LogP) is 7.28. The first-order chi connectivity index (χ1) is 20.8. The van der Waals surface area contributed by atoms with Gasteiger partial charge in [0.05, 0.1) is 21.6 Å². The van der Waals surface area contributed by atoms with E-state index in [4.69, 9.17) is 14.2 Å². The summed E-state index contributed by atoms with van der Waals surface area (Å²) in [5.41, 5.74) is 2.40. The van der Waals surface area contributed by atoms with Crippen molar-refractivity contribution in [2.45, 2.75) is 13.8 Å². The van der Waals surface area contributed by atoms with Gasteiger partial charge in [-0.25, -0.2) is 0 Å². The number of rotatable bonds is 11. The molecule has 0 atom stereocenters. The van der Waals surface area contributed by atoms with Crippen LogP contribution in [0.1, 0.15) is 18.1 Å². The Kier molecular flexibility index (Phi) is 9.88. The fourth-order valence-corrected chi connectivity index (χ4v) is 6.19. The van der Waals surface area contributed by atoms with Gasteiger partial charge in [0.25, 0.3) is 17.1 Å². The average Bonchev–Trinajstić information content (AvgIpc) is 3.24. The van der Waals surface area contributed by atoms with Gasteiger partial charge in [0.2, 0.25) is 0 Å². The molecule has 10 heteroatoms. The Morgan fingerprint density at radius 3 is 2.56 bits per heavy atom. The summed E-state index contributed by atoms with van der Waals surface area (Å²) in [5, 5.41) is 4.50. The molecule has 5 rings (SSSR count). The van der Waals surface area contributed by atoms with Gasteiger partial charge in [-0.15, -0.1) is 0 Å². The van der Waals surface area contributed by atoms with Gasteiger partial charge in [-0.1, -0.05) is 48.5 Å². The minimum absolute atomic E-state index is 0.129. The van der Waals surface area contributed by atoms with Crippen LogP contribution in [0.3, 0.4) is 0 Å². The summed E-state index contributed by atoms with van der Waals surface area (Å²) in [5.74, 6) is 0.890. The summed E-state index contributed by atoms with van der Waals surface area (Å²) in [6.07, 6.45) is 1.66. The Labute approximate surface area is 267 Å². The van der Waals surface area contributed by atoms with Gasteiger partial charge in [0.15, 0.2) is 18.1 Å². The highest BCUT2D eigenvalue weighted by Gasteiger charge is 2.35. The molecule has 0 radical (unpaired) electrons. The van der Waals surface area contributed by atoms with Crippen molar-refractivity contribution >= 4 is 73.9 Å². The highest BCUT2D eigenvalue weighted by atomic mass is 127. The molecule has 1 saturated heterocycles. The number of imide groups is 1. The maximum Gasteiger partial charge on any atom is 0.293 e. The number of hydrogen-bond acceptors (Lipinski definition) is 7. The third-order valence-electron chi connectivity index (χ3n) is 6.47. The summed E-state index contributed by atoms with van der Waals surface area (Å²) in [4.78, 5) is 39.9. The number of nitrogens with one attached hydrogen (secondary N) is 1. The van der Waals surface area contributed by atoms with Gasteiger partial charge in [-0.2, -0.15) is 0 Å². The van der Waals surface area contributed by atoms with Gasteiger partial charge in [-0.05, 0) is 101 Å². The number of fused-ring (bicyclic) bond motifs is 1. The molecule has 1 aliphatic heterocycles. The molecule has 4 aromatic carbocycles. The van der Waals surface area contributed by atoms with Crippen molar-refractivity contribution in [2.75, 3.05) is 31.7 Å². The Morgan fingerprint density at radius 2 is 1.74 bits per heavy atom. The maximum absolute atomic E-state index is 13.1. The lowest BCUT2D eigenvalue weighted by Crippen LogP contribution is -2.32. The van der Waals surface area contributed by atoms with E-state index in [9.17, 15) is 14.4 Å². The van der Waals surface area contributed by atoms with Crippen molar-refractivity contribution in [3.63, 3.8) is 0 Å². The summed E-state index contributed by atoms with van der Waals surface area (Å²) in [6, 6.07) is 24.7. The van der Waals surface area contributed by atoms with Crippen molar-refractivity contribution < 1.29 is 28.6 Å². The number of amides is 3. The summed E-state index contributed by atoms with van der Waals surface area (Å²) < 4.78 is 18.3. The Hall–Kier alpha value is -4.03. The third-order valence-corrected chi connectivity index (χ3v) is 8.18. The number of ether oxygens (including phenoxy) is 3. The number of benzene rings is 4. The summed E-state index contributed by atoms with van der Waals surface area (Å²) in [7, 11) is 0. The highest BCUT2D eigenvalue weighted by molar-refractivity contribution is 14.1. The smallest absolute Gasteiger partial charge is 0.293 e. The average molecular weight is 709 g/mol. The maximum atomic E-state index is 13.1. The second-order valence-electron chi connectivity index (χ2n) is 9.63. The highest BCUT2D eigenvalue weighted by Crippen LogP contribution is 2.37. The molecule has 0 unspecified atom stereocenters. The largest absolute Gasteiger partial charge is 0.491 e. The number of anilines is 1. The molecule has 0 spiro atoms. The lowest BCUT2D eigenvalue weighted by atomic mass is 10.1. The summed E-state index contributed by atoms with van der Waals surface area (Å²) in [6.45, 7) is 4.27. The Balaban J connectivity index is 1.24. The predicted molar refractivity (Wildman–Crippen MR) is 178 cm³/mol. The number of hydrogen-bond donors (Lipinski definition) is 1. The molecule has 0 saturated carbocycles. The number of thioether (sulfide) groups is 1. The van der Waals surface area contributed by atoms with E-state index in [1.54, 1.807) is 12.1 Å². The van der Waals surface area contributed by atoms with Crippen LogP contribution in [0.2, 0.25) is 0 Å². The second-order valence-corrected chi connectivity index (χ2v) is 11.8. The van der Waals surface area contributed by atoms with E-state index in [0.717, 1.165) is 28.1 Å². The quantitative estimate of drug-likeness (QED) is 0.129. The van der Waals surface area contributed by atoms with Crippen molar-refractivity contribution in [3.05, 3.63) is 98.5 Å². The van der Waals surface area contributed by atoms with Crippen LogP contribution in [0, 0.1) is 10.5 Å². The number of nitrogens with zero attached hydrogens (tertiary/aromatic N) is 1. The minimum Gasteiger partial charge on any atom is -0.491 e. The van der Waals surface area contributed by atoms with Crippen LogP contribution in [0.15, 0.2) is 83.8 Å². The molecule has 0 aliphatic carbocycles. The molecule has 8 nitrogen and oxygen atoms in total. The van der Waals surface area contributed by atoms with Crippen LogP contribution < -0.4 is 19.5 Å². The van der Waals surface area contributed by atoms with E-state index in [1.165, 1.54) is 4.90 Å². The fourth-order valence-electron chi connectivity index (χ4n) is 4.54. The van der Waals surface area contributed by atoms with E-state index in [0.29, 0.717) is 43.6 Å². The number of aryl methyl sites for hydroxylation is 1. The van der Waals surface area contributed by atoms with Gasteiger partial charge >= 0.3 is 0 Å². The molecular formula is C33H29IN2O6S. The van der Waals surface area contributed by atoms with Gasteiger partial charge < -0.3 is 19.5 Å². The molecule has 43 heavy (non-hydrogen) atoms. The zero-order valence-corrected chi connectivity index (χ0v) is 26.6. The molecule has 1 N–H and O–H groups in total. The molecule has 0 aromatic heterocycles. The number of halogens is 1. The zero-order chi connectivity index (χ0) is 30.3. The van der Waals surface area contributed by atoms with Crippen LogP contribution in [0.25, 0.3) is 16.8 Å². The van der Waals surface area contributed by atoms with Crippen LogP contribution in [0.5, 0.6) is 17.2 Å². The van der Waals surface area contributed by atoms with E-state index in [1.807, 2.05) is 86.6 Å². The third kappa shape index (κ3) is 7.49. The standard InChI is InChI=1S/C33H29IN2O6S/c1-3-40-28-18-22(17-26(34)31(28)42-20-30(37)35-24-11-6-8-21(2)16-24)19-29-32(38)36(33(39)43-29)14-15-41-27-13-7-10-23-9-4-5-12-25(23)27/h4-13,16-19H,3,14-15,20H2,1-2H3,(H,35,37)/b29-19-. The van der Waals surface area contributed by atoms with Crippen LogP contribution in [0.4, 0.5) is 10.5 Å². The molecule has 220 valence electrons. The molecule has 1 heterocycles. The van der Waals surface area contributed by atoms with Crippen molar-refractivity contribution in [1.82, 2.24) is 4.90 Å². The van der Waals surface area contributed by atoms with Gasteiger partial charge in [0.1, 0.15) is 12.4 Å². The zero-order valence-electron chi connectivity index (χ0n) is 23.6. The van der Waals surface area contributed by atoms with E-state index in [2.05, 4.69) is 27.9 Å².